The maximum absolute atomic E-state index is 10.6. The van der Waals surface area contributed by atoms with Crippen molar-refractivity contribution in [2.75, 3.05) is 7.11 Å². The average Bonchev–Trinajstić information content (AvgIpc) is 2.15. The van der Waals surface area contributed by atoms with Crippen LogP contribution >= 0.6 is 29.6 Å². The Balaban J connectivity index is 0.00000225. The molecule has 1 aromatic carbocycles. The number of halogens is 1. The van der Waals surface area contributed by atoms with E-state index in [9.17, 15) is 10.1 Å². The molecule has 0 amide bonds. The summed E-state index contributed by atoms with van der Waals surface area (Å²) in [6.07, 6.45) is 0. The van der Waals surface area contributed by atoms with Crippen molar-refractivity contribution in [3.8, 4) is 5.75 Å². The summed E-state index contributed by atoms with van der Waals surface area (Å²) in [5, 5.41) is 10.6. The van der Waals surface area contributed by atoms with E-state index in [-0.39, 0.29) is 22.7 Å². The third kappa shape index (κ3) is 3.38. The van der Waals surface area contributed by atoms with E-state index >= 15 is 0 Å². The van der Waals surface area contributed by atoms with Gasteiger partial charge in [-0.3, -0.25) is 10.1 Å². The Morgan fingerprint density at radius 3 is 2.38 bits per heavy atom. The zero-order valence-corrected chi connectivity index (χ0v) is 11.9. The van der Waals surface area contributed by atoms with Crippen LogP contribution < -0.4 is 4.74 Å². The van der Waals surface area contributed by atoms with Gasteiger partial charge in [-0.25, -0.2) is 0 Å². The zero-order valence-electron chi connectivity index (χ0n) is 9.26. The van der Waals surface area contributed by atoms with Gasteiger partial charge in [0.05, 0.1) is 12.0 Å². The van der Waals surface area contributed by atoms with Gasteiger partial charge < -0.3 is 4.74 Å². The van der Waals surface area contributed by atoms with Crippen LogP contribution in [0.1, 0.15) is 19.4 Å². The summed E-state index contributed by atoms with van der Waals surface area (Å²) in [7, 11) is 1.53. The molecule has 0 atom stereocenters. The van der Waals surface area contributed by atoms with Crippen molar-refractivity contribution in [2.45, 2.75) is 18.6 Å². The van der Waals surface area contributed by atoms with Crippen LogP contribution in [0.5, 0.6) is 5.75 Å². The van der Waals surface area contributed by atoms with E-state index in [1.807, 2.05) is 13.8 Å². The number of methoxy groups -OCH3 is 1. The summed E-state index contributed by atoms with van der Waals surface area (Å²) in [5.74, 6) is 0.612. The predicted octanol–water partition coefficient (Wildman–Crippen LogP) is 3.35. The zero-order chi connectivity index (χ0) is 11.6. The molecule has 4 nitrogen and oxygen atoms in total. The molecule has 6 heteroatoms. The summed E-state index contributed by atoms with van der Waals surface area (Å²) >= 11 is 4.38. The SMILES string of the molecule is Br.COc1ccc([N+](=O)[O-])cc1C(C)(C)S. The minimum absolute atomic E-state index is 0. The maximum atomic E-state index is 10.6. The predicted molar refractivity (Wildman–Crippen MR) is 72.0 cm³/mol. The highest BCUT2D eigenvalue weighted by atomic mass is 79.9. The van der Waals surface area contributed by atoms with Gasteiger partial charge in [0, 0.05) is 22.4 Å². The smallest absolute Gasteiger partial charge is 0.270 e. The molecule has 0 radical (unpaired) electrons. The molecule has 0 bridgehead atoms. The normalized spacial score (nSPS) is 10.5. The van der Waals surface area contributed by atoms with Crippen LogP contribution in [0.2, 0.25) is 0 Å². The van der Waals surface area contributed by atoms with Gasteiger partial charge in [-0.05, 0) is 19.9 Å². The lowest BCUT2D eigenvalue weighted by Crippen LogP contribution is -2.10. The second-order valence-electron chi connectivity index (χ2n) is 3.70. The Kier molecular flexibility index (Phi) is 5.28. The fourth-order valence-corrected chi connectivity index (χ4v) is 1.46. The van der Waals surface area contributed by atoms with E-state index in [0.717, 1.165) is 0 Å². The quantitative estimate of drug-likeness (QED) is 0.529. The van der Waals surface area contributed by atoms with Crippen LogP contribution in [0, 0.1) is 10.1 Å². The van der Waals surface area contributed by atoms with Gasteiger partial charge in [0.25, 0.3) is 5.69 Å². The van der Waals surface area contributed by atoms with Crippen molar-refractivity contribution in [1.82, 2.24) is 0 Å². The summed E-state index contributed by atoms with van der Waals surface area (Å²) in [5.41, 5.74) is 0.760. The lowest BCUT2D eigenvalue weighted by atomic mass is 10.0. The van der Waals surface area contributed by atoms with E-state index < -0.39 is 9.67 Å². The van der Waals surface area contributed by atoms with Crippen molar-refractivity contribution >= 4 is 35.3 Å². The molecule has 0 saturated heterocycles. The van der Waals surface area contributed by atoms with Gasteiger partial charge in [-0.1, -0.05) is 0 Å². The van der Waals surface area contributed by atoms with Crippen molar-refractivity contribution in [3.05, 3.63) is 33.9 Å². The highest BCUT2D eigenvalue weighted by Gasteiger charge is 2.22. The maximum Gasteiger partial charge on any atom is 0.270 e. The van der Waals surface area contributed by atoms with Crippen molar-refractivity contribution in [1.29, 1.82) is 0 Å². The largest absolute Gasteiger partial charge is 0.496 e. The number of nitro groups is 1. The molecular formula is C10H14BrNO3S. The fraction of sp³-hybridized carbons (Fsp3) is 0.400. The molecule has 0 aromatic heterocycles. The summed E-state index contributed by atoms with van der Waals surface area (Å²) in [6.45, 7) is 3.72. The molecule has 0 aliphatic rings. The van der Waals surface area contributed by atoms with Gasteiger partial charge >= 0.3 is 0 Å². The molecule has 0 saturated carbocycles. The second-order valence-corrected chi connectivity index (χ2v) is 4.82. The number of benzene rings is 1. The van der Waals surface area contributed by atoms with Crippen molar-refractivity contribution in [3.63, 3.8) is 0 Å². The van der Waals surface area contributed by atoms with Gasteiger partial charge in [0.15, 0.2) is 0 Å². The minimum atomic E-state index is -0.475. The lowest BCUT2D eigenvalue weighted by Gasteiger charge is -2.20. The first kappa shape index (κ1) is 15.2. The number of non-ortho nitro benzene ring substituents is 1. The van der Waals surface area contributed by atoms with E-state index in [1.54, 1.807) is 6.07 Å². The summed E-state index contributed by atoms with van der Waals surface area (Å²) < 4.78 is 4.66. The molecule has 0 spiro atoms. The molecule has 1 aromatic rings. The number of nitro benzene ring substituents is 1. The van der Waals surface area contributed by atoms with Crippen LogP contribution in [0.4, 0.5) is 5.69 Å². The van der Waals surface area contributed by atoms with Gasteiger partial charge in [-0.15, -0.1) is 17.0 Å². The van der Waals surface area contributed by atoms with E-state index in [4.69, 9.17) is 4.74 Å². The Hall–Kier alpha value is -0.750. The molecule has 16 heavy (non-hydrogen) atoms. The Bertz CT molecular complexity index is 390. The topological polar surface area (TPSA) is 52.4 Å². The number of nitrogens with zero attached hydrogens (tertiary/aromatic N) is 1. The molecule has 0 N–H and O–H groups in total. The third-order valence-electron chi connectivity index (χ3n) is 2.05. The van der Waals surface area contributed by atoms with Gasteiger partial charge in [-0.2, -0.15) is 12.6 Å². The van der Waals surface area contributed by atoms with Crippen LogP contribution in [0.15, 0.2) is 18.2 Å². The lowest BCUT2D eigenvalue weighted by molar-refractivity contribution is -0.385. The van der Waals surface area contributed by atoms with Crippen LogP contribution in [-0.2, 0) is 4.75 Å². The summed E-state index contributed by atoms with van der Waals surface area (Å²) in [6, 6.07) is 4.50. The Morgan fingerprint density at radius 2 is 2.00 bits per heavy atom. The van der Waals surface area contributed by atoms with Gasteiger partial charge in [0.1, 0.15) is 5.75 Å². The average molecular weight is 308 g/mol. The number of thiol groups is 1. The molecular weight excluding hydrogens is 294 g/mol. The molecule has 0 heterocycles. The third-order valence-corrected chi connectivity index (χ3v) is 2.29. The number of hydrogen-bond acceptors (Lipinski definition) is 4. The minimum Gasteiger partial charge on any atom is -0.496 e. The first-order valence-electron chi connectivity index (χ1n) is 4.41. The Morgan fingerprint density at radius 1 is 1.44 bits per heavy atom. The number of rotatable bonds is 3. The van der Waals surface area contributed by atoms with Gasteiger partial charge in [0.2, 0.25) is 0 Å². The standard InChI is InChI=1S/C10H13NO3S.BrH/c1-10(2,15)8-6-7(11(12)13)4-5-9(8)14-3;/h4-6,15H,1-3H3;1H. The van der Waals surface area contributed by atoms with E-state index in [1.165, 1.54) is 19.2 Å². The van der Waals surface area contributed by atoms with Crippen molar-refractivity contribution < 1.29 is 9.66 Å². The Labute approximate surface area is 110 Å². The highest BCUT2D eigenvalue weighted by Crippen LogP contribution is 2.36. The number of ether oxygens (including phenoxy) is 1. The number of hydrogen-bond donors (Lipinski definition) is 1. The molecule has 1 rings (SSSR count). The molecule has 90 valence electrons. The molecule has 0 unspecified atom stereocenters. The first-order valence-corrected chi connectivity index (χ1v) is 4.86. The summed E-state index contributed by atoms with van der Waals surface area (Å²) in [4.78, 5) is 10.2. The fourth-order valence-electron chi connectivity index (χ4n) is 1.29. The van der Waals surface area contributed by atoms with Crippen LogP contribution in [0.25, 0.3) is 0 Å². The van der Waals surface area contributed by atoms with E-state index in [0.29, 0.717) is 11.3 Å². The molecule has 0 fully saturated rings. The van der Waals surface area contributed by atoms with Crippen molar-refractivity contribution in [2.24, 2.45) is 0 Å². The monoisotopic (exact) mass is 307 g/mol. The molecule has 0 aliphatic heterocycles. The van der Waals surface area contributed by atoms with Crippen LogP contribution in [0.3, 0.4) is 0 Å². The first-order chi connectivity index (χ1) is 6.86. The molecule has 0 aliphatic carbocycles. The second kappa shape index (κ2) is 5.54. The van der Waals surface area contributed by atoms with E-state index in [2.05, 4.69) is 12.6 Å². The highest BCUT2D eigenvalue weighted by molar-refractivity contribution is 8.93. The van der Waals surface area contributed by atoms with Crippen LogP contribution in [-0.4, -0.2) is 12.0 Å².